The maximum absolute atomic E-state index is 2.38. The molecular weight excluding hydrogens is 446 g/mol. The molecule has 0 aromatic heterocycles. The zero-order valence-electron chi connectivity index (χ0n) is 20.3. The van der Waals surface area contributed by atoms with E-state index in [1.54, 1.807) is 0 Å². The van der Waals surface area contributed by atoms with Crippen LogP contribution in [0.5, 0.6) is 0 Å². The molecule has 2 heteroatoms. The van der Waals surface area contributed by atoms with Crippen LogP contribution >= 0.6 is 15.8 Å². The molecule has 0 aliphatic heterocycles. The third kappa shape index (κ3) is 7.63. The summed E-state index contributed by atoms with van der Waals surface area (Å²) in [6.45, 7) is 2.38. The van der Waals surface area contributed by atoms with Gasteiger partial charge in [0.2, 0.25) is 0 Å². The van der Waals surface area contributed by atoms with Crippen molar-refractivity contribution in [1.82, 2.24) is 0 Å². The molecule has 4 aromatic carbocycles. The highest BCUT2D eigenvalue weighted by molar-refractivity contribution is 7.74. The second-order valence-corrected chi connectivity index (χ2v) is 14.3. The van der Waals surface area contributed by atoms with Crippen LogP contribution in [0.15, 0.2) is 121 Å². The van der Waals surface area contributed by atoms with Crippen LogP contribution in [0.1, 0.15) is 42.0 Å². The Morgan fingerprint density at radius 2 is 0.706 bits per heavy atom. The van der Waals surface area contributed by atoms with Gasteiger partial charge in [0, 0.05) is 5.40 Å². The maximum atomic E-state index is 2.38. The van der Waals surface area contributed by atoms with E-state index in [1.807, 2.05) is 0 Å². The standard InChI is InChI=1S/C32H36P2/c1-2-15-32(33(24-28-16-7-3-8-17-28)25-29-18-9-4-10-19-29)34(26-30-20-11-5-12-21-30)27-31-22-13-6-14-23-31/h3-14,16-23,32H,2,15,24-27H2,1H3. The van der Waals surface area contributed by atoms with Gasteiger partial charge in [-0.05, 0) is 53.3 Å². The van der Waals surface area contributed by atoms with E-state index < -0.39 is 0 Å². The van der Waals surface area contributed by atoms with Crippen molar-refractivity contribution < 1.29 is 0 Å². The molecule has 0 atom stereocenters. The van der Waals surface area contributed by atoms with Gasteiger partial charge in [0.05, 0.1) is 0 Å². The van der Waals surface area contributed by atoms with Crippen molar-refractivity contribution in [2.24, 2.45) is 0 Å². The van der Waals surface area contributed by atoms with Crippen LogP contribution in [-0.2, 0) is 24.6 Å². The molecule has 0 N–H and O–H groups in total. The lowest BCUT2D eigenvalue weighted by Crippen LogP contribution is -2.10. The normalized spacial score (nSPS) is 11.4. The zero-order chi connectivity index (χ0) is 23.4. The average molecular weight is 483 g/mol. The summed E-state index contributed by atoms with van der Waals surface area (Å²) in [6, 6.07) is 44.9. The Morgan fingerprint density at radius 1 is 0.441 bits per heavy atom. The predicted octanol–water partition coefficient (Wildman–Crippen LogP) is 9.88. The van der Waals surface area contributed by atoms with Gasteiger partial charge < -0.3 is 0 Å². The molecule has 0 fully saturated rings. The van der Waals surface area contributed by atoms with Crippen LogP contribution in [-0.4, -0.2) is 5.40 Å². The summed E-state index contributed by atoms with van der Waals surface area (Å²) in [4.78, 5) is 0. The minimum Gasteiger partial charge on any atom is -0.0901 e. The maximum Gasteiger partial charge on any atom is 0.000597 e. The molecule has 0 aliphatic rings. The van der Waals surface area contributed by atoms with E-state index in [2.05, 4.69) is 128 Å². The molecule has 34 heavy (non-hydrogen) atoms. The van der Waals surface area contributed by atoms with E-state index >= 15 is 0 Å². The fraction of sp³-hybridized carbons (Fsp3) is 0.250. The van der Waals surface area contributed by atoms with Gasteiger partial charge in [-0.2, -0.15) is 0 Å². The van der Waals surface area contributed by atoms with Crippen molar-refractivity contribution in [2.45, 2.75) is 49.8 Å². The summed E-state index contributed by atoms with van der Waals surface area (Å²) in [7, 11) is -0.371. The summed E-state index contributed by atoms with van der Waals surface area (Å²) in [6.07, 6.45) is 7.47. The van der Waals surface area contributed by atoms with Gasteiger partial charge in [0.1, 0.15) is 0 Å². The number of rotatable bonds is 12. The molecular formula is C32H36P2. The van der Waals surface area contributed by atoms with Crippen molar-refractivity contribution >= 4 is 15.8 Å². The number of hydrogen-bond acceptors (Lipinski definition) is 0. The molecule has 0 bridgehead atoms. The molecule has 4 aromatic rings. The van der Waals surface area contributed by atoms with Crippen molar-refractivity contribution in [3.05, 3.63) is 144 Å². The van der Waals surface area contributed by atoms with Gasteiger partial charge in [-0.3, -0.25) is 0 Å². The molecule has 0 radical (unpaired) electrons. The third-order valence-electron chi connectivity index (χ3n) is 6.30. The van der Waals surface area contributed by atoms with E-state index in [0.29, 0.717) is 0 Å². The highest BCUT2D eigenvalue weighted by Crippen LogP contribution is 2.65. The second-order valence-electron chi connectivity index (χ2n) is 9.02. The Bertz CT molecular complexity index is 895. The first-order valence-electron chi connectivity index (χ1n) is 12.5. The first-order chi connectivity index (χ1) is 16.8. The van der Waals surface area contributed by atoms with Gasteiger partial charge >= 0.3 is 0 Å². The summed E-state index contributed by atoms with van der Waals surface area (Å²) < 4.78 is 0. The molecule has 0 spiro atoms. The Hall–Kier alpha value is -2.26. The van der Waals surface area contributed by atoms with Crippen molar-refractivity contribution in [3.8, 4) is 0 Å². The molecule has 0 saturated heterocycles. The summed E-state index contributed by atoms with van der Waals surface area (Å²) >= 11 is 0. The van der Waals surface area contributed by atoms with E-state index in [4.69, 9.17) is 0 Å². The zero-order valence-corrected chi connectivity index (χ0v) is 22.1. The first kappa shape index (κ1) is 24.9. The van der Waals surface area contributed by atoms with Crippen LogP contribution < -0.4 is 0 Å². The molecule has 0 amide bonds. The Kier molecular flexibility index (Phi) is 9.93. The number of hydrogen-bond donors (Lipinski definition) is 0. The SMILES string of the molecule is CCCC(P(Cc1ccccc1)Cc1ccccc1)P(Cc1ccccc1)Cc1ccccc1. The van der Waals surface area contributed by atoms with Crippen molar-refractivity contribution in [3.63, 3.8) is 0 Å². The molecule has 174 valence electrons. The van der Waals surface area contributed by atoms with E-state index in [9.17, 15) is 0 Å². The quantitative estimate of drug-likeness (QED) is 0.176. The van der Waals surface area contributed by atoms with Gasteiger partial charge in [-0.25, -0.2) is 0 Å². The lowest BCUT2D eigenvalue weighted by Gasteiger charge is -2.36. The van der Waals surface area contributed by atoms with Crippen LogP contribution in [0.4, 0.5) is 0 Å². The summed E-state index contributed by atoms with van der Waals surface area (Å²) in [5, 5.41) is 0.788. The highest BCUT2D eigenvalue weighted by atomic mass is 31.2. The Balaban J connectivity index is 1.68. The van der Waals surface area contributed by atoms with E-state index in [0.717, 1.165) is 5.40 Å². The van der Waals surface area contributed by atoms with Crippen molar-refractivity contribution in [1.29, 1.82) is 0 Å². The fourth-order valence-electron chi connectivity index (χ4n) is 4.66. The highest BCUT2D eigenvalue weighted by Gasteiger charge is 2.29. The molecule has 0 nitrogen and oxygen atoms in total. The van der Waals surface area contributed by atoms with Gasteiger partial charge in [0.25, 0.3) is 0 Å². The van der Waals surface area contributed by atoms with Crippen LogP contribution in [0.2, 0.25) is 0 Å². The number of benzene rings is 4. The topological polar surface area (TPSA) is 0 Å². The molecule has 4 rings (SSSR count). The fourth-order valence-corrected chi connectivity index (χ4v) is 12.5. The van der Waals surface area contributed by atoms with E-state index in [-0.39, 0.29) is 15.8 Å². The lowest BCUT2D eigenvalue weighted by atomic mass is 10.2. The Labute approximate surface area is 209 Å². The van der Waals surface area contributed by atoms with Crippen LogP contribution in [0.3, 0.4) is 0 Å². The third-order valence-corrected chi connectivity index (χ3v) is 13.6. The van der Waals surface area contributed by atoms with E-state index in [1.165, 1.54) is 59.7 Å². The minimum absolute atomic E-state index is 0.185. The summed E-state index contributed by atoms with van der Waals surface area (Å²) in [5.41, 5.74) is 6.00. The molecule has 0 saturated carbocycles. The van der Waals surface area contributed by atoms with Gasteiger partial charge in [0.15, 0.2) is 0 Å². The molecule has 0 aliphatic carbocycles. The van der Waals surface area contributed by atoms with Gasteiger partial charge in [-0.1, -0.05) is 151 Å². The predicted molar refractivity (Wildman–Crippen MR) is 153 cm³/mol. The van der Waals surface area contributed by atoms with Gasteiger partial charge in [-0.15, -0.1) is 0 Å². The molecule has 0 unspecified atom stereocenters. The first-order valence-corrected chi connectivity index (χ1v) is 16.0. The Morgan fingerprint density at radius 3 is 0.941 bits per heavy atom. The monoisotopic (exact) mass is 482 g/mol. The summed E-state index contributed by atoms with van der Waals surface area (Å²) in [5.74, 6) is 0. The van der Waals surface area contributed by atoms with Crippen molar-refractivity contribution in [2.75, 3.05) is 0 Å². The smallest absolute Gasteiger partial charge is 0.000597 e. The lowest BCUT2D eigenvalue weighted by molar-refractivity contribution is 0.849. The van der Waals surface area contributed by atoms with Crippen LogP contribution in [0.25, 0.3) is 0 Å². The van der Waals surface area contributed by atoms with Crippen LogP contribution in [0, 0.1) is 0 Å². The average Bonchev–Trinajstić information content (AvgIpc) is 2.89. The minimum atomic E-state index is -0.185. The second kappa shape index (κ2) is 13.6. The largest absolute Gasteiger partial charge is 0.0901 e. The molecule has 0 heterocycles.